The van der Waals surface area contributed by atoms with Crippen LogP contribution in [0.25, 0.3) is 22.1 Å². The van der Waals surface area contributed by atoms with Crippen molar-refractivity contribution in [2.24, 2.45) is 0 Å². The van der Waals surface area contributed by atoms with Crippen LogP contribution in [0.2, 0.25) is 0 Å². The molecule has 0 aliphatic rings. The molecule has 6 N–H and O–H groups in total. The molecule has 2 aromatic heterocycles. The van der Waals surface area contributed by atoms with E-state index in [2.05, 4.69) is 20.3 Å². The van der Waals surface area contributed by atoms with Gasteiger partial charge in [-0.1, -0.05) is 6.07 Å². The highest BCUT2D eigenvalue weighted by Gasteiger charge is 2.27. The molecule has 0 bridgehead atoms. The largest absolute Gasteiger partial charge is 0.394 e. The van der Waals surface area contributed by atoms with E-state index in [9.17, 15) is 29.3 Å². The van der Waals surface area contributed by atoms with Crippen molar-refractivity contribution in [2.45, 2.75) is 38.7 Å². The molecule has 0 spiro atoms. The number of hydrogen-bond donors (Lipinski definition) is 6. The molecule has 4 rings (SSSR count). The number of para-hydroxylation sites is 1. The van der Waals surface area contributed by atoms with Crippen LogP contribution in [0.4, 0.5) is 10.3 Å². The summed E-state index contributed by atoms with van der Waals surface area (Å²) in [5.41, 5.74) is 1.19. The molecule has 184 valence electrons. The van der Waals surface area contributed by atoms with Crippen LogP contribution in [0.5, 0.6) is 0 Å². The van der Waals surface area contributed by atoms with E-state index in [1.807, 2.05) is 13.8 Å². The Balaban J connectivity index is 1.77. The zero-order valence-corrected chi connectivity index (χ0v) is 18.9. The molecule has 1 amide bonds. The molecule has 0 unspecified atom stereocenters. The number of aromatic nitrogens is 4. The summed E-state index contributed by atoms with van der Waals surface area (Å²) in [5, 5.41) is 41.6. The number of benzene rings is 2. The quantitative estimate of drug-likeness (QED) is 0.218. The van der Waals surface area contributed by atoms with Gasteiger partial charge in [-0.25, -0.2) is 14.4 Å². The average Bonchev–Trinajstić information content (AvgIpc) is 3.24. The van der Waals surface area contributed by atoms with Gasteiger partial charge in [0, 0.05) is 0 Å². The molecule has 2 aromatic carbocycles. The van der Waals surface area contributed by atoms with Gasteiger partial charge >= 0.3 is 0 Å². The van der Waals surface area contributed by atoms with Gasteiger partial charge in [-0.2, -0.15) is 0 Å². The van der Waals surface area contributed by atoms with Gasteiger partial charge in [0.25, 0.3) is 11.5 Å². The zero-order valence-electron chi connectivity index (χ0n) is 18.9. The molecule has 0 aliphatic heterocycles. The Kier molecular flexibility index (Phi) is 6.63. The van der Waals surface area contributed by atoms with Gasteiger partial charge in [0.15, 0.2) is 11.5 Å². The average molecular weight is 485 g/mol. The maximum absolute atomic E-state index is 14.0. The smallest absolute Gasteiger partial charge is 0.282 e. The van der Waals surface area contributed by atoms with E-state index < -0.39 is 54.4 Å². The minimum atomic E-state index is -1.75. The van der Waals surface area contributed by atoms with Crippen molar-refractivity contribution >= 4 is 33.9 Å². The number of carbonyl (C=O) groups excluding carboxylic acids is 1. The number of halogens is 1. The van der Waals surface area contributed by atoms with Crippen LogP contribution in [-0.4, -0.2) is 70.8 Å². The molecular formula is C23H24FN5O6. The summed E-state index contributed by atoms with van der Waals surface area (Å²) >= 11 is 0. The van der Waals surface area contributed by atoms with Gasteiger partial charge in [-0.15, -0.1) is 0 Å². The third kappa shape index (κ3) is 4.64. The number of aryl methyl sites for hydroxylation is 2. The molecule has 0 radical (unpaired) electrons. The standard InChI is InChI=1S/C23H24FN5O6/c1-10-6-14-15(7-11(10)2)29(8-16(31)20(33)17(32)9-30)22(35)19(25-14)21(34)28-23-26-13-5-3-4-12(24)18(13)27-23/h3-7,16-17,20,30-33H,8-9H2,1-2H3,(H2,26,27,28,34)/t16-,17+,20-/m0/s1. The van der Waals surface area contributed by atoms with Crippen LogP contribution in [-0.2, 0) is 6.54 Å². The first kappa shape index (κ1) is 24.4. The number of nitrogens with zero attached hydrogens (tertiary/aromatic N) is 3. The second-order valence-corrected chi connectivity index (χ2v) is 8.28. The van der Waals surface area contributed by atoms with Crippen LogP contribution in [0.3, 0.4) is 0 Å². The number of nitrogens with one attached hydrogen (secondary N) is 2. The summed E-state index contributed by atoms with van der Waals surface area (Å²) in [5.74, 6) is -1.60. The van der Waals surface area contributed by atoms with Crippen molar-refractivity contribution in [3.63, 3.8) is 0 Å². The second kappa shape index (κ2) is 9.50. The van der Waals surface area contributed by atoms with Crippen LogP contribution in [0.1, 0.15) is 21.6 Å². The van der Waals surface area contributed by atoms with Crippen LogP contribution >= 0.6 is 0 Å². The first-order chi connectivity index (χ1) is 16.6. The van der Waals surface area contributed by atoms with E-state index in [4.69, 9.17) is 5.11 Å². The summed E-state index contributed by atoms with van der Waals surface area (Å²) in [6, 6.07) is 7.59. The van der Waals surface area contributed by atoms with Crippen molar-refractivity contribution < 1.29 is 29.6 Å². The topological polar surface area (TPSA) is 174 Å². The first-order valence-electron chi connectivity index (χ1n) is 10.7. The molecular weight excluding hydrogens is 461 g/mol. The van der Waals surface area contributed by atoms with Gasteiger partial charge in [-0.3, -0.25) is 14.9 Å². The first-order valence-corrected chi connectivity index (χ1v) is 10.7. The number of rotatable bonds is 7. The number of aliphatic hydroxyl groups is 4. The molecule has 4 aromatic rings. The van der Waals surface area contributed by atoms with E-state index in [-0.39, 0.29) is 17.0 Å². The normalized spacial score (nSPS) is 14.3. The van der Waals surface area contributed by atoms with Crippen molar-refractivity contribution in [1.82, 2.24) is 19.5 Å². The minimum absolute atomic E-state index is 0.0114. The molecule has 12 heteroatoms. The van der Waals surface area contributed by atoms with E-state index in [0.29, 0.717) is 11.0 Å². The fraction of sp³-hybridized carbons (Fsp3) is 0.304. The van der Waals surface area contributed by atoms with Gasteiger partial charge in [0.1, 0.15) is 23.8 Å². The number of fused-ring (bicyclic) bond motifs is 2. The molecule has 0 fully saturated rings. The van der Waals surface area contributed by atoms with Gasteiger partial charge in [-0.05, 0) is 49.2 Å². The maximum Gasteiger partial charge on any atom is 0.282 e. The number of hydrogen-bond acceptors (Lipinski definition) is 8. The summed E-state index contributed by atoms with van der Waals surface area (Å²) in [4.78, 5) is 37.2. The van der Waals surface area contributed by atoms with E-state index in [0.717, 1.165) is 15.7 Å². The molecule has 2 heterocycles. The van der Waals surface area contributed by atoms with Gasteiger partial charge < -0.3 is 30.0 Å². The summed E-state index contributed by atoms with van der Waals surface area (Å²) < 4.78 is 15.0. The molecule has 3 atom stereocenters. The molecule has 0 saturated carbocycles. The lowest BCUT2D eigenvalue weighted by Crippen LogP contribution is -2.44. The number of carbonyl (C=O) groups is 1. The monoisotopic (exact) mass is 485 g/mol. The lowest BCUT2D eigenvalue weighted by atomic mass is 10.1. The third-order valence-electron chi connectivity index (χ3n) is 5.82. The van der Waals surface area contributed by atoms with Crippen LogP contribution in [0, 0.1) is 19.7 Å². The van der Waals surface area contributed by atoms with E-state index in [1.54, 1.807) is 18.2 Å². The van der Waals surface area contributed by atoms with E-state index >= 15 is 0 Å². The highest BCUT2D eigenvalue weighted by atomic mass is 19.1. The number of anilines is 1. The van der Waals surface area contributed by atoms with Crippen molar-refractivity contribution in [3.8, 4) is 0 Å². The Morgan fingerprint density at radius 3 is 2.54 bits per heavy atom. The SMILES string of the molecule is Cc1cc2nc(C(=O)Nc3nc4c(F)cccc4[nH]3)c(=O)n(C[C@H](O)[C@H](O)[C@H](O)CO)c2cc1C. The number of amides is 1. The lowest BCUT2D eigenvalue weighted by molar-refractivity contribution is -0.0805. The Hall–Kier alpha value is -3.71. The van der Waals surface area contributed by atoms with Gasteiger partial charge in [0.05, 0.1) is 29.7 Å². The van der Waals surface area contributed by atoms with Gasteiger partial charge in [0.2, 0.25) is 5.95 Å². The summed E-state index contributed by atoms with van der Waals surface area (Å²) in [6.07, 6.45) is -5.02. The molecule has 35 heavy (non-hydrogen) atoms. The lowest BCUT2D eigenvalue weighted by Gasteiger charge is -2.23. The maximum atomic E-state index is 14.0. The molecule has 0 saturated heterocycles. The zero-order chi connectivity index (χ0) is 25.4. The van der Waals surface area contributed by atoms with Crippen LogP contribution in [0.15, 0.2) is 35.1 Å². The Morgan fingerprint density at radius 2 is 1.86 bits per heavy atom. The molecule has 0 aliphatic carbocycles. The fourth-order valence-corrected chi connectivity index (χ4v) is 3.71. The van der Waals surface area contributed by atoms with Crippen molar-refractivity contribution in [2.75, 3.05) is 11.9 Å². The highest BCUT2D eigenvalue weighted by Crippen LogP contribution is 2.20. The van der Waals surface area contributed by atoms with Crippen LogP contribution < -0.4 is 10.9 Å². The van der Waals surface area contributed by atoms with Crippen molar-refractivity contribution in [3.05, 3.63) is 63.3 Å². The highest BCUT2D eigenvalue weighted by molar-refractivity contribution is 6.03. The number of imidazole rings is 1. The summed E-state index contributed by atoms with van der Waals surface area (Å²) in [6.45, 7) is 2.35. The van der Waals surface area contributed by atoms with E-state index in [1.165, 1.54) is 12.1 Å². The predicted octanol–water partition coefficient (Wildman–Crippen LogP) is 0.356. The summed E-state index contributed by atoms with van der Waals surface area (Å²) in [7, 11) is 0. The predicted molar refractivity (Wildman–Crippen MR) is 125 cm³/mol. The number of H-pyrrole nitrogens is 1. The Morgan fingerprint density at radius 1 is 1.14 bits per heavy atom. The second-order valence-electron chi connectivity index (χ2n) is 8.28. The Labute approximate surface area is 197 Å². The van der Waals surface area contributed by atoms with Crippen molar-refractivity contribution in [1.29, 1.82) is 0 Å². The Bertz CT molecular complexity index is 1480. The third-order valence-corrected chi connectivity index (χ3v) is 5.82. The number of aromatic amines is 1. The minimum Gasteiger partial charge on any atom is -0.394 e. The molecule has 11 nitrogen and oxygen atoms in total. The number of aliphatic hydroxyl groups excluding tert-OH is 4. The fourth-order valence-electron chi connectivity index (χ4n) is 3.71.